The molecule has 0 spiro atoms. The third-order valence-corrected chi connectivity index (χ3v) is 3.20. The molecule has 2 aromatic rings. The molecule has 0 saturated carbocycles. The Morgan fingerprint density at radius 2 is 2.05 bits per heavy atom. The number of anilines is 1. The lowest BCUT2D eigenvalue weighted by atomic mass is 10.1. The first-order valence-electron chi connectivity index (χ1n) is 6.75. The van der Waals surface area contributed by atoms with Crippen LogP contribution in [0.1, 0.15) is 27.4 Å². The molecular formula is C16H19NO4. The van der Waals surface area contributed by atoms with Crippen molar-refractivity contribution in [2.75, 3.05) is 19.0 Å². The average Bonchev–Trinajstić information content (AvgIpc) is 2.87. The van der Waals surface area contributed by atoms with Crippen LogP contribution in [0.3, 0.4) is 0 Å². The summed E-state index contributed by atoms with van der Waals surface area (Å²) in [5.74, 6) is 0.833. The summed E-state index contributed by atoms with van der Waals surface area (Å²) in [7, 11) is 1.35. The summed E-state index contributed by atoms with van der Waals surface area (Å²) in [5.41, 5.74) is 2.49. The molecule has 1 aromatic heterocycles. The number of carbonyl (C=O) groups is 1. The van der Waals surface area contributed by atoms with Crippen LogP contribution in [0, 0.1) is 6.92 Å². The molecular weight excluding hydrogens is 270 g/mol. The smallest absolute Gasteiger partial charge is 0.341 e. The van der Waals surface area contributed by atoms with Crippen molar-refractivity contribution in [3.63, 3.8) is 0 Å². The molecule has 0 unspecified atom stereocenters. The van der Waals surface area contributed by atoms with Crippen LogP contribution < -0.4 is 5.32 Å². The molecule has 0 aliphatic heterocycles. The molecule has 2 N–H and O–H groups in total. The quantitative estimate of drug-likeness (QED) is 0.800. The maximum absolute atomic E-state index is 11.5. The van der Waals surface area contributed by atoms with Gasteiger partial charge in [0.05, 0.1) is 13.7 Å². The Hall–Kier alpha value is -2.27. The first-order valence-corrected chi connectivity index (χ1v) is 6.75. The predicted octanol–water partition coefficient (Wildman–Crippen LogP) is 2.52. The second-order valence-corrected chi connectivity index (χ2v) is 4.70. The lowest BCUT2D eigenvalue weighted by molar-refractivity contribution is 0.0599. The second-order valence-electron chi connectivity index (χ2n) is 4.70. The van der Waals surface area contributed by atoms with Gasteiger partial charge in [0.15, 0.2) is 0 Å². The third-order valence-electron chi connectivity index (χ3n) is 3.20. The molecule has 0 aliphatic carbocycles. The van der Waals surface area contributed by atoms with Crippen molar-refractivity contribution >= 4 is 11.7 Å². The number of aliphatic hydroxyl groups is 1. The van der Waals surface area contributed by atoms with Gasteiger partial charge >= 0.3 is 5.97 Å². The molecule has 0 atom stereocenters. The molecule has 1 heterocycles. The lowest BCUT2D eigenvalue weighted by Crippen LogP contribution is -2.01. The fraction of sp³-hybridized carbons (Fsp3) is 0.312. The van der Waals surface area contributed by atoms with Gasteiger partial charge in [-0.3, -0.25) is 0 Å². The normalized spacial score (nSPS) is 10.4. The minimum Gasteiger partial charge on any atom is -0.465 e. The summed E-state index contributed by atoms with van der Waals surface area (Å²) in [5, 5.41) is 12.1. The molecule has 0 saturated heterocycles. The highest BCUT2D eigenvalue weighted by Crippen LogP contribution is 2.17. The number of furan rings is 1. The van der Waals surface area contributed by atoms with Crippen molar-refractivity contribution in [1.29, 1.82) is 0 Å². The van der Waals surface area contributed by atoms with E-state index >= 15 is 0 Å². The number of aliphatic hydroxyl groups excluding tert-OH is 1. The minimum atomic E-state index is -0.393. The van der Waals surface area contributed by atoms with Gasteiger partial charge in [0.1, 0.15) is 17.1 Å². The molecule has 0 fully saturated rings. The van der Waals surface area contributed by atoms with E-state index in [2.05, 4.69) is 10.1 Å². The maximum atomic E-state index is 11.5. The Bertz CT molecular complexity index is 601. The maximum Gasteiger partial charge on any atom is 0.341 e. The standard InChI is InChI=1S/C16H19NO4/c1-11-15(16(19)20-2)9-14(21-11)10-17-13-5-3-12(4-6-13)7-8-18/h3-6,9,17-18H,7-8,10H2,1-2H3. The molecule has 0 radical (unpaired) electrons. The summed E-state index contributed by atoms with van der Waals surface area (Å²) >= 11 is 0. The highest BCUT2D eigenvalue weighted by molar-refractivity contribution is 5.90. The van der Waals surface area contributed by atoms with Gasteiger partial charge in [-0.25, -0.2) is 4.79 Å². The highest BCUT2D eigenvalue weighted by Gasteiger charge is 2.14. The number of carbonyl (C=O) groups excluding carboxylic acids is 1. The number of esters is 1. The topological polar surface area (TPSA) is 71.7 Å². The van der Waals surface area contributed by atoms with Crippen LogP contribution in [-0.2, 0) is 17.7 Å². The minimum absolute atomic E-state index is 0.148. The van der Waals surface area contributed by atoms with Gasteiger partial charge in [0, 0.05) is 12.3 Å². The monoisotopic (exact) mass is 289 g/mol. The van der Waals surface area contributed by atoms with Crippen LogP contribution in [0.25, 0.3) is 0 Å². The van der Waals surface area contributed by atoms with Gasteiger partial charge in [-0.1, -0.05) is 12.1 Å². The number of aryl methyl sites for hydroxylation is 1. The molecule has 112 valence electrons. The van der Waals surface area contributed by atoms with Gasteiger partial charge in [-0.05, 0) is 37.1 Å². The Morgan fingerprint density at radius 3 is 2.67 bits per heavy atom. The Morgan fingerprint density at radius 1 is 1.33 bits per heavy atom. The van der Waals surface area contributed by atoms with Crippen molar-refractivity contribution in [3.05, 3.63) is 53.0 Å². The van der Waals surface area contributed by atoms with Gasteiger partial charge in [-0.15, -0.1) is 0 Å². The Labute approximate surface area is 123 Å². The zero-order valence-corrected chi connectivity index (χ0v) is 12.2. The molecule has 5 heteroatoms. The van der Waals surface area contributed by atoms with Crippen LogP contribution in [0.2, 0.25) is 0 Å². The van der Waals surface area contributed by atoms with Crippen molar-refractivity contribution in [2.45, 2.75) is 19.9 Å². The van der Waals surface area contributed by atoms with Crippen LogP contribution in [0.4, 0.5) is 5.69 Å². The number of hydrogen-bond donors (Lipinski definition) is 2. The largest absolute Gasteiger partial charge is 0.465 e. The molecule has 0 bridgehead atoms. The first-order chi connectivity index (χ1) is 10.1. The summed E-state index contributed by atoms with van der Waals surface area (Å²) in [6, 6.07) is 9.51. The average molecular weight is 289 g/mol. The first kappa shape index (κ1) is 15.1. The molecule has 0 aliphatic rings. The number of methoxy groups -OCH3 is 1. The predicted molar refractivity (Wildman–Crippen MR) is 79.3 cm³/mol. The van der Waals surface area contributed by atoms with Gasteiger partial charge < -0.3 is 19.6 Å². The van der Waals surface area contributed by atoms with Gasteiger partial charge in [0.25, 0.3) is 0 Å². The number of ether oxygens (including phenoxy) is 1. The lowest BCUT2D eigenvalue weighted by Gasteiger charge is -2.05. The fourth-order valence-corrected chi connectivity index (χ4v) is 2.05. The molecule has 0 amide bonds. The van der Waals surface area contributed by atoms with Crippen molar-refractivity contribution in [3.8, 4) is 0 Å². The van der Waals surface area contributed by atoms with E-state index in [1.807, 2.05) is 24.3 Å². The van der Waals surface area contributed by atoms with E-state index in [0.717, 1.165) is 11.3 Å². The number of benzene rings is 1. The van der Waals surface area contributed by atoms with E-state index in [0.29, 0.717) is 30.0 Å². The molecule has 1 aromatic carbocycles. The summed E-state index contributed by atoms with van der Waals surface area (Å²) in [6.07, 6.45) is 0.653. The van der Waals surface area contributed by atoms with Gasteiger partial charge in [-0.2, -0.15) is 0 Å². The van der Waals surface area contributed by atoms with E-state index in [9.17, 15) is 4.79 Å². The zero-order valence-electron chi connectivity index (χ0n) is 12.2. The summed E-state index contributed by atoms with van der Waals surface area (Å²) in [6.45, 7) is 2.37. The van der Waals surface area contributed by atoms with Gasteiger partial charge in [0.2, 0.25) is 0 Å². The Balaban J connectivity index is 1.98. The number of hydrogen-bond acceptors (Lipinski definition) is 5. The van der Waals surface area contributed by atoms with Crippen LogP contribution >= 0.6 is 0 Å². The SMILES string of the molecule is COC(=O)c1cc(CNc2ccc(CCO)cc2)oc1C. The number of rotatable bonds is 6. The van der Waals surface area contributed by atoms with Crippen molar-refractivity contribution in [2.24, 2.45) is 0 Å². The summed E-state index contributed by atoms with van der Waals surface area (Å²) < 4.78 is 10.2. The molecule has 5 nitrogen and oxygen atoms in total. The highest BCUT2D eigenvalue weighted by atomic mass is 16.5. The van der Waals surface area contributed by atoms with E-state index in [1.165, 1.54) is 7.11 Å². The third kappa shape index (κ3) is 3.86. The zero-order chi connectivity index (χ0) is 15.2. The molecule has 2 rings (SSSR count). The van der Waals surface area contributed by atoms with Crippen molar-refractivity contribution < 1.29 is 19.1 Å². The van der Waals surface area contributed by atoms with E-state index in [4.69, 9.17) is 9.52 Å². The summed E-state index contributed by atoms with van der Waals surface area (Å²) in [4.78, 5) is 11.5. The Kier molecular flexibility index (Phi) is 5.00. The molecule has 21 heavy (non-hydrogen) atoms. The van der Waals surface area contributed by atoms with Crippen LogP contribution in [0.15, 0.2) is 34.7 Å². The number of nitrogens with one attached hydrogen (secondary N) is 1. The van der Waals surface area contributed by atoms with Crippen LogP contribution in [-0.4, -0.2) is 24.8 Å². The van der Waals surface area contributed by atoms with Crippen LogP contribution in [0.5, 0.6) is 0 Å². The van der Waals surface area contributed by atoms with E-state index in [1.54, 1.807) is 13.0 Å². The van der Waals surface area contributed by atoms with E-state index < -0.39 is 5.97 Å². The van der Waals surface area contributed by atoms with E-state index in [-0.39, 0.29) is 6.61 Å². The van der Waals surface area contributed by atoms with Crippen molar-refractivity contribution in [1.82, 2.24) is 0 Å². The fourth-order valence-electron chi connectivity index (χ4n) is 2.05. The second kappa shape index (κ2) is 6.95.